The standard InChI is InChI=1S/C16H27BrN2O2/c1-3-20-10-8-19(9-11-21-4-2)16(13-18)14-6-5-7-15(17)12-14/h5-7,12,16H,3-4,8-11,13,18H2,1-2H3. The molecule has 0 aromatic heterocycles. The van der Waals surface area contributed by atoms with Gasteiger partial charge in [-0.25, -0.2) is 0 Å². The van der Waals surface area contributed by atoms with E-state index in [9.17, 15) is 0 Å². The Hall–Kier alpha value is -0.460. The third-order valence-electron chi connectivity index (χ3n) is 3.35. The van der Waals surface area contributed by atoms with Crippen molar-refractivity contribution in [3.8, 4) is 0 Å². The molecule has 0 aliphatic carbocycles. The van der Waals surface area contributed by atoms with Crippen LogP contribution < -0.4 is 5.73 Å². The first-order chi connectivity index (χ1) is 10.2. The number of hydrogen-bond donors (Lipinski definition) is 1. The molecule has 0 aliphatic heterocycles. The Kier molecular flexibility index (Phi) is 9.87. The van der Waals surface area contributed by atoms with E-state index in [-0.39, 0.29) is 6.04 Å². The summed E-state index contributed by atoms with van der Waals surface area (Å²) in [4.78, 5) is 2.34. The van der Waals surface area contributed by atoms with Crippen LogP contribution in [0.1, 0.15) is 25.5 Å². The van der Waals surface area contributed by atoms with Crippen molar-refractivity contribution in [2.75, 3.05) is 46.1 Å². The maximum atomic E-state index is 6.03. The number of halogens is 1. The predicted molar refractivity (Wildman–Crippen MR) is 90.5 cm³/mol. The summed E-state index contributed by atoms with van der Waals surface area (Å²) < 4.78 is 12.1. The van der Waals surface area contributed by atoms with Crippen LogP contribution in [-0.4, -0.2) is 51.0 Å². The van der Waals surface area contributed by atoms with Gasteiger partial charge in [-0.3, -0.25) is 4.90 Å². The molecular formula is C16H27BrN2O2. The summed E-state index contributed by atoms with van der Waals surface area (Å²) in [6.07, 6.45) is 0. The average molecular weight is 359 g/mol. The zero-order valence-corrected chi connectivity index (χ0v) is 14.6. The molecule has 0 radical (unpaired) electrons. The summed E-state index contributed by atoms with van der Waals surface area (Å²) in [5.74, 6) is 0. The lowest BCUT2D eigenvalue weighted by Gasteiger charge is -2.31. The number of ether oxygens (including phenoxy) is 2. The molecule has 120 valence electrons. The largest absolute Gasteiger partial charge is 0.380 e. The zero-order chi connectivity index (χ0) is 15.5. The summed E-state index contributed by atoms with van der Waals surface area (Å²) in [5.41, 5.74) is 7.25. The molecule has 1 rings (SSSR count). The lowest BCUT2D eigenvalue weighted by molar-refractivity contribution is 0.0640. The van der Waals surface area contributed by atoms with Gasteiger partial charge < -0.3 is 15.2 Å². The minimum atomic E-state index is 0.184. The van der Waals surface area contributed by atoms with Crippen molar-refractivity contribution in [1.29, 1.82) is 0 Å². The van der Waals surface area contributed by atoms with E-state index in [0.29, 0.717) is 19.8 Å². The Morgan fingerprint density at radius 3 is 2.24 bits per heavy atom. The van der Waals surface area contributed by atoms with Gasteiger partial charge in [0.25, 0.3) is 0 Å². The van der Waals surface area contributed by atoms with E-state index >= 15 is 0 Å². The fourth-order valence-corrected chi connectivity index (χ4v) is 2.70. The molecule has 1 aromatic carbocycles. The highest BCUT2D eigenvalue weighted by Crippen LogP contribution is 2.22. The molecule has 1 atom stereocenters. The van der Waals surface area contributed by atoms with Crippen molar-refractivity contribution in [2.24, 2.45) is 5.73 Å². The fourth-order valence-electron chi connectivity index (χ4n) is 2.29. The summed E-state index contributed by atoms with van der Waals surface area (Å²) in [6, 6.07) is 8.51. The monoisotopic (exact) mass is 358 g/mol. The van der Waals surface area contributed by atoms with Gasteiger partial charge in [0.15, 0.2) is 0 Å². The van der Waals surface area contributed by atoms with E-state index < -0.39 is 0 Å². The smallest absolute Gasteiger partial charge is 0.0593 e. The van der Waals surface area contributed by atoms with Crippen LogP contribution in [0.15, 0.2) is 28.7 Å². The molecule has 4 nitrogen and oxygen atoms in total. The van der Waals surface area contributed by atoms with E-state index in [4.69, 9.17) is 15.2 Å². The van der Waals surface area contributed by atoms with Crippen LogP contribution in [0.5, 0.6) is 0 Å². The molecule has 0 spiro atoms. The number of benzene rings is 1. The van der Waals surface area contributed by atoms with Crippen LogP contribution in [0.3, 0.4) is 0 Å². The normalized spacial score (nSPS) is 12.8. The first-order valence-electron chi connectivity index (χ1n) is 7.58. The molecule has 0 saturated heterocycles. The highest BCUT2D eigenvalue weighted by Gasteiger charge is 2.19. The Balaban J connectivity index is 2.75. The molecule has 2 N–H and O–H groups in total. The number of hydrogen-bond acceptors (Lipinski definition) is 4. The van der Waals surface area contributed by atoms with Crippen LogP contribution in [0.25, 0.3) is 0 Å². The van der Waals surface area contributed by atoms with E-state index in [1.807, 2.05) is 26.0 Å². The van der Waals surface area contributed by atoms with Crippen molar-refractivity contribution in [1.82, 2.24) is 4.90 Å². The molecule has 0 amide bonds. The molecule has 0 aliphatic rings. The second-order valence-electron chi connectivity index (χ2n) is 4.74. The van der Waals surface area contributed by atoms with E-state index in [1.54, 1.807) is 0 Å². The summed E-state index contributed by atoms with van der Waals surface area (Å²) in [5, 5.41) is 0. The highest BCUT2D eigenvalue weighted by molar-refractivity contribution is 9.10. The average Bonchev–Trinajstić information content (AvgIpc) is 2.48. The molecule has 0 fully saturated rings. The van der Waals surface area contributed by atoms with Gasteiger partial charge in [-0.15, -0.1) is 0 Å². The lowest BCUT2D eigenvalue weighted by atomic mass is 10.1. The minimum Gasteiger partial charge on any atom is -0.380 e. The number of rotatable bonds is 11. The summed E-state index contributed by atoms with van der Waals surface area (Å²) >= 11 is 3.53. The summed E-state index contributed by atoms with van der Waals surface area (Å²) in [7, 11) is 0. The van der Waals surface area contributed by atoms with Gasteiger partial charge in [-0.05, 0) is 31.5 Å². The fraction of sp³-hybridized carbons (Fsp3) is 0.625. The van der Waals surface area contributed by atoms with Crippen molar-refractivity contribution < 1.29 is 9.47 Å². The van der Waals surface area contributed by atoms with Crippen LogP contribution in [0, 0.1) is 0 Å². The maximum absolute atomic E-state index is 6.03. The quantitative estimate of drug-likeness (QED) is 0.618. The molecule has 0 saturated carbocycles. The zero-order valence-electron chi connectivity index (χ0n) is 13.1. The van der Waals surface area contributed by atoms with Crippen molar-refractivity contribution in [2.45, 2.75) is 19.9 Å². The Bertz CT molecular complexity index is 380. The highest BCUT2D eigenvalue weighted by atomic mass is 79.9. The van der Waals surface area contributed by atoms with Crippen LogP contribution in [-0.2, 0) is 9.47 Å². The van der Waals surface area contributed by atoms with Crippen LogP contribution >= 0.6 is 15.9 Å². The van der Waals surface area contributed by atoms with Crippen molar-refractivity contribution in [3.05, 3.63) is 34.3 Å². The van der Waals surface area contributed by atoms with Crippen LogP contribution in [0.2, 0.25) is 0 Å². The second-order valence-corrected chi connectivity index (χ2v) is 5.65. The minimum absolute atomic E-state index is 0.184. The lowest BCUT2D eigenvalue weighted by Crippen LogP contribution is -2.38. The first-order valence-corrected chi connectivity index (χ1v) is 8.37. The van der Waals surface area contributed by atoms with Gasteiger partial charge in [-0.2, -0.15) is 0 Å². The van der Waals surface area contributed by atoms with Gasteiger partial charge in [0.2, 0.25) is 0 Å². The molecule has 0 heterocycles. The molecule has 1 aromatic rings. The summed E-state index contributed by atoms with van der Waals surface area (Å²) in [6.45, 7) is 9.23. The Labute approximate surface area is 136 Å². The molecule has 21 heavy (non-hydrogen) atoms. The third kappa shape index (κ3) is 6.89. The maximum Gasteiger partial charge on any atom is 0.0593 e. The number of nitrogens with zero attached hydrogens (tertiary/aromatic N) is 1. The Morgan fingerprint density at radius 2 is 1.76 bits per heavy atom. The van der Waals surface area contributed by atoms with Crippen LogP contribution in [0.4, 0.5) is 0 Å². The van der Waals surface area contributed by atoms with Gasteiger partial charge in [0.1, 0.15) is 0 Å². The number of nitrogens with two attached hydrogens (primary N) is 1. The van der Waals surface area contributed by atoms with Gasteiger partial charge >= 0.3 is 0 Å². The third-order valence-corrected chi connectivity index (χ3v) is 3.84. The molecule has 0 bridgehead atoms. The van der Waals surface area contributed by atoms with E-state index in [1.165, 1.54) is 5.56 Å². The molecule has 1 unspecified atom stereocenters. The van der Waals surface area contributed by atoms with E-state index in [0.717, 1.165) is 30.8 Å². The SMILES string of the molecule is CCOCCN(CCOCC)C(CN)c1cccc(Br)c1. The van der Waals surface area contributed by atoms with Crippen molar-refractivity contribution in [3.63, 3.8) is 0 Å². The van der Waals surface area contributed by atoms with E-state index in [2.05, 4.69) is 33.0 Å². The van der Waals surface area contributed by atoms with Crippen molar-refractivity contribution >= 4 is 15.9 Å². The van der Waals surface area contributed by atoms with Gasteiger partial charge in [-0.1, -0.05) is 28.1 Å². The second kappa shape index (κ2) is 11.2. The Morgan fingerprint density at radius 1 is 1.14 bits per heavy atom. The molecule has 5 heteroatoms. The topological polar surface area (TPSA) is 47.7 Å². The van der Waals surface area contributed by atoms with Gasteiger partial charge in [0, 0.05) is 43.4 Å². The van der Waals surface area contributed by atoms with Gasteiger partial charge in [0.05, 0.1) is 13.2 Å². The predicted octanol–water partition coefficient (Wildman–Crippen LogP) is 2.82. The first kappa shape index (κ1) is 18.6. The molecular weight excluding hydrogens is 332 g/mol.